The Balaban J connectivity index is 1.99. The number of hydrogen-bond acceptors (Lipinski definition) is 8. The van der Waals surface area contributed by atoms with Gasteiger partial charge in [0.25, 0.3) is 0 Å². The molecule has 2 heterocycles. The summed E-state index contributed by atoms with van der Waals surface area (Å²) in [5.41, 5.74) is -0.244. The van der Waals surface area contributed by atoms with Gasteiger partial charge in [-0.15, -0.1) is 0 Å². The van der Waals surface area contributed by atoms with Gasteiger partial charge in [0, 0.05) is 22.9 Å². The van der Waals surface area contributed by atoms with Gasteiger partial charge in [-0.05, 0) is 26.0 Å². The van der Waals surface area contributed by atoms with Gasteiger partial charge in [0.05, 0.1) is 19.3 Å². The minimum atomic E-state index is -1.88. The summed E-state index contributed by atoms with van der Waals surface area (Å²) in [6.45, 7) is 3.29. The van der Waals surface area contributed by atoms with Crippen LogP contribution in [0.15, 0.2) is 41.6 Å². The van der Waals surface area contributed by atoms with E-state index in [9.17, 15) is 19.5 Å². The lowest BCUT2D eigenvalue weighted by Gasteiger charge is -2.40. The molecule has 0 saturated carbocycles. The van der Waals surface area contributed by atoms with Crippen molar-refractivity contribution in [1.82, 2.24) is 10.4 Å². The van der Waals surface area contributed by atoms with Crippen LogP contribution in [-0.2, 0) is 19.1 Å². The summed E-state index contributed by atoms with van der Waals surface area (Å²) < 4.78 is 10.1. The Kier molecular flexibility index (Phi) is 5.76. The number of ether oxygens (including phenoxy) is 2. The van der Waals surface area contributed by atoms with E-state index in [1.54, 1.807) is 38.1 Å². The molecule has 2 aliphatic rings. The van der Waals surface area contributed by atoms with Crippen molar-refractivity contribution in [2.24, 2.45) is 5.41 Å². The first-order valence-corrected chi connectivity index (χ1v) is 10.2. The molecule has 9 nitrogen and oxygen atoms in total. The number of anilines is 1. The zero-order valence-electron chi connectivity index (χ0n) is 16.4. The van der Waals surface area contributed by atoms with Crippen LogP contribution in [0.5, 0.6) is 0 Å². The molecule has 3 N–H and O–H groups in total. The molecule has 1 fully saturated rings. The summed E-state index contributed by atoms with van der Waals surface area (Å²) in [5, 5.41) is 15.3. The topological polar surface area (TPSA) is 117 Å². The summed E-state index contributed by atoms with van der Waals surface area (Å²) in [6.07, 6.45) is 0. The van der Waals surface area contributed by atoms with Crippen molar-refractivity contribution in [3.8, 4) is 0 Å². The predicted octanol–water partition coefficient (Wildman–Crippen LogP) is 1.47. The summed E-state index contributed by atoms with van der Waals surface area (Å²) in [5.74, 6) is -1.31. The molecule has 0 spiro atoms. The van der Waals surface area contributed by atoms with Gasteiger partial charge in [0.15, 0.2) is 11.1 Å². The normalized spacial score (nSPS) is 25.4. The molecular formula is C19H23N3O6S. The molecule has 1 aromatic rings. The van der Waals surface area contributed by atoms with Crippen molar-refractivity contribution in [1.29, 1.82) is 0 Å². The number of benzene rings is 1. The number of rotatable bonds is 5. The van der Waals surface area contributed by atoms with E-state index in [0.29, 0.717) is 5.69 Å². The fourth-order valence-corrected chi connectivity index (χ4v) is 5.36. The molecule has 0 aliphatic carbocycles. The maximum absolute atomic E-state index is 12.8. The maximum Gasteiger partial charge on any atom is 0.338 e. The van der Waals surface area contributed by atoms with Crippen molar-refractivity contribution in [2.45, 2.75) is 19.6 Å². The molecule has 3 rings (SSSR count). The molecule has 0 aromatic heterocycles. The molecule has 156 valence electrons. The van der Waals surface area contributed by atoms with Crippen LogP contribution < -0.4 is 10.7 Å². The largest absolute Gasteiger partial charge is 0.468 e. The van der Waals surface area contributed by atoms with Crippen LogP contribution in [0.1, 0.15) is 13.8 Å². The second kappa shape index (κ2) is 7.96. The Labute approximate surface area is 172 Å². The van der Waals surface area contributed by atoms with Gasteiger partial charge in [-0.2, -0.15) is 11.8 Å². The third-order valence-corrected chi connectivity index (χ3v) is 6.30. The average molecular weight is 421 g/mol. The number of esters is 2. The lowest BCUT2D eigenvalue weighted by molar-refractivity contribution is -0.180. The molecule has 10 heteroatoms. The number of hydrogen-bond donors (Lipinski definition) is 3. The second-order valence-corrected chi connectivity index (χ2v) is 7.64. The smallest absolute Gasteiger partial charge is 0.338 e. The van der Waals surface area contributed by atoms with Crippen LogP contribution in [0.25, 0.3) is 0 Å². The summed E-state index contributed by atoms with van der Waals surface area (Å²) >= 11 is 1.28. The molecule has 29 heavy (non-hydrogen) atoms. The van der Waals surface area contributed by atoms with E-state index < -0.39 is 29.1 Å². The van der Waals surface area contributed by atoms with Crippen LogP contribution in [0, 0.1) is 5.41 Å². The van der Waals surface area contributed by atoms with E-state index in [0.717, 1.165) is 5.01 Å². The molecule has 2 atom stereocenters. The van der Waals surface area contributed by atoms with Crippen molar-refractivity contribution >= 4 is 35.4 Å². The quantitative estimate of drug-likeness (QED) is 0.612. The number of thioether (sulfide) groups is 1. The molecule has 0 bridgehead atoms. The van der Waals surface area contributed by atoms with Crippen LogP contribution in [0.2, 0.25) is 0 Å². The molecule has 0 radical (unpaired) electrons. The minimum absolute atomic E-state index is 0.0151. The number of aliphatic hydroxyl groups is 1. The Bertz CT molecular complexity index is 861. The highest BCUT2D eigenvalue weighted by Crippen LogP contribution is 2.57. The Morgan fingerprint density at radius 3 is 2.55 bits per heavy atom. The molecule has 2 aliphatic heterocycles. The number of methoxy groups -OCH3 is 1. The molecule has 1 saturated heterocycles. The van der Waals surface area contributed by atoms with Crippen molar-refractivity contribution < 1.29 is 29.0 Å². The minimum Gasteiger partial charge on any atom is -0.468 e. The number of fused-ring (bicyclic) bond motifs is 1. The van der Waals surface area contributed by atoms with Gasteiger partial charge in [0.2, 0.25) is 0 Å². The number of carbonyl (C=O) groups is 3. The number of nitrogens with zero attached hydrogens (tertiary/aromatic N) is 1. The van der Waals surface area contributed by atoms with Gasteiger partial charge >= 0.3 is 18.0 Å². The van der Waals surface area contributed by atoms with Gasteiger partial charge in [0.1, 0.15) is 0 Å². The number of allylic oxidation sites excluding steroid dienone is 1. The van der Waals surface area contributed by atoms with Crippen molar-refractivity contribution in [3.05, 3.63) is 41.6 Å². The van der Waals surface area contributed by atoms with E-state index in [4.69, 9.17) is 9.47 Å². The van der Waals surface area contributed by atoms with Gasteiger partial charge < -0.3 is 19.9 Å². The number of carbonyl (C=O) groups excluding carboxylic acids is 3. The van der Waals surface area contributed by atoms with E-state index >= 15 is 0 Å². The van der Waals surface area contributed by atoms with Crippen LogP contribution in [0.3, 0.4) is 0 Å². The second-order valence-electron chi connectivity index (χ2n) is 6.65. The first-order chi connectivity index (χ1) is 13.8. The summed E-state index contributed by atoms with van der Waals surface area (Å²) in [6, 6.07) is 8.11. The summed E-state index contributed by atoms with van der Waals surface area (Å²) in [4.78, 5) is 38.1. The van der Waals surface area contributed by atoms with E-state index in [1.165, 1.54) is 18.9 Å². The number of urea groups is 1. The molecule has 1 aromatic carbocycles. The van der Waals surface area contributed by atoms with Crippen LogP contribution >= 0.6 is 11.8 Å². The van der Waals surface area contributed by atoms with E-state index in [-0.39, 0.29) is 29.4 Å². The predicted molar refractivity (Wildman–Crippen MR) is 106 cm³/mol. The third kappa shape index (κ3) is 3.22. The lowest BCUT2D eigenvalue weighted by Crippen LogP contribution is -2.63. The highest BCUT2D eigenvalue weighted by Gasteiger charge is 2.72. The van der Waals surface area contributed by atoms with Crippen molar-refractivity contribution in [3.63, 3.8) is 0 Å². The maximum atomic E-state index is 12.8. The number of amides is 2. The van der Waals surface area contributed by atoms with Gasteiger partial charge in [-0.3, -0.25) is 9.80 Å². The Morgan fingerprint density at radius 1 is 1.24 bits per heavy atom. The Hall–Kier alpha value is -2.72. The van der Waals surface area contributed by atoms with Gasteiger partial charge in [-0.1, -0.05) is 18.2 Å². The van der Waals surface area contributed by atoms with Crippen molar-refractivity contribution in [2.75, 3.05) is 30.5 Å². The fraction of sp³-hybridized carbons (Fsp3) is 0.421. The van der Waals surface area contributed by atoms with Crippen LogP contribution in [-0.4, -0.2) is 59.0 Å². The molecule has 2 unspecified atom stereocenters. The molecular weight excluding hydrogens is 398 g/mol. The average Bonchev–Trinajstić information content (AvgIpc) is 3.12. The highest BCUT2D eigenvalue weighted by molar-refractivity contribution is 7.99. The number of nitrogens with one attached hydrogen (secondary N) is 2. The number of para-hydroxylation sites is 1. The lowest BCUT2D eigenvalue weighted by atomic mass is 9.75. The summed E-state index contributed by atoms with van der Waals surface area (Å²) in [7, 11) is 1.19. The highest BCUT2D eigenvalue weighted by atomic mass is 32.2. The standard InChI is InChI=1S/C19H23N3O6S/c1-4-28-15(23)14-12(2)22(21-17(25)20-13-8-6-5-7-9-13)19(26)11-29-10-18(14,19)16(24)27-3/h5-9,26H,4,10-11H2,1-3H3,(H2,20,21,25). The van der Waals surface area contributed by atoms with E-state index in [1.807, 2.05) is 6.07 Å². The monoisotopic (exact) mass is 421 g/mol. The molecule has 2 amide bonds. The SMILES string of the molecule is CCOC(=O)C1=C(C)N(NC(=O)Nc2ccccc2)C2(O)CSCC12C(=O)OC. The van der Waals surface area contributed by atoms with Gasteiger partial charge in [-0.25, -0.2) is 15.0 Å². The zero-order chi connectivity index (χ0) is 21.2. The Morgan fingerprint density at radius 2 is 1.93 bits per heavy atom. The van der Waals surface area contributed by atoms with Crippen LogP contribution in [0.4, 0.5) is 10.5 Å². The fourth-order valence-electron chi connectivity index (χ4n) is 3.79. The first-order valence-electron chi connectivity index (χ1n) is 9.01. The third-order valence-electron chi connectivity index (χ3n) is 5.06. The zero-order valence-corrected chi connectivity index (χ0v) is 17.2. The first kappa shape index (κ1) is 21.0. The number of hydrazine groups is 1. The van der Waals surface area contributed by atoms with E-state index in [2.05, 4.69) is 10.7 Å².